The minimum Gasteiger partial charge on any atom is -0.352 e. The standard InChI is InChI=1S/C20H25BrN2O3S/c1-4-6-16(3)22-20(24)14-23(18-8-5-7-17(21)13-18)27(25,26)19-11-9-15(2)10-12-19/h5,7-13,16H,4,6,14H2,1-3H3,(H,22,24)/t16-/m1/s1. The Balaban J connectivity index is 2.38. The van der Waals surface area contributed by atoms with Crippen LogP contribution in [0.25, 0.3) is 0 Å². The summed E-state index contributed by atoms with van der Waals surface area (Å²) < 4.78 is 28.4. The van der Waals surface area contributed by atoms with Crippen LogP contribution in [0.5, 0.6) is 0 Å². The molecule has 0 aliphatic carbocycles. The highest BCUT2D eigenvalue weighted by molar-refractivity contribution is 9.10. The quantitative estimate of drug-likeness (QED) is 0.650. The first kappa shape index (κ1) is 21.4. The van der Waals surface area contributed by atoms with E-state index in [1.54, 1.807) is 42.5 Å². The molecule has 2 aromatic carbocycles. The van der Waals surface area contributed by atoms with E-state index >= 15 is 0 Å². The fraction of sp³-hybridized carbons (Fsp3) is 0.350. The molecule has 1 amide bonds. The lowest BCUT2D eigenvalue weighted by Crippen LogP contribution is -2.43. The summed E-state index contributed by atoms with van der Waals surface area (Å²) in [6.45, 7) is 5.57. The van der Waals surface area contributed by atoms with Crippen molar-refractivity contribution in [3.8, 4) is 0 Å². The fourth-order valence-electron chi connectivity index (χ4n) is 2.74. The van der Waals surface area contributed by atoms with E-state index in [0.29, 0.717) is 5.69 Å². The van der Waals surface area contributed by atoms with Crippen LogP contribution in [0, 0.1) is 6.92 Å². The van der Waals surface area contributed by atoms with E-state index in [4.69, 9.17) is 0 Å². The van der Waals surface area contributed by atoms with Gasteiger partial charge in [-0.15, -0.1) is 0 Å². The highest BCUT2D eigenvalue weighted by Gasteiger charge is 2.27. The summed E-state index contributed by atoms with van der Waals surface area (Å²) in [6, 6.07) is 13.5. The Morgan fingerprint density at radius 2 is 1.85 bits per heavy atom. The van der Waals surface area contributed by atoms with Crippen molar-refractivity contribution in [3.05, 3.63) is 58.6 Å². The smallest absolute Gasteiger partial charge is 0.264 e. The zero-order chi connectivity index (χ0) is 20.0. The second-order valence-electron chi connectivity index (χ2n) is 6.56. The molecular weight excluding hydrogens is 428 g/mol. The van der Waals surface area contributed by atoms with Gasteiger partial charge in [0, 0.05) is 10.5 Å². The minimum atomic E-state index is -3.88. The molecular formula is C20H25BrN2O3S. The van der Waals surface area contributed by atoms with E-state index in [1.807, 2.05) is 26.8 Å². The molecule has 0 unspecified atom stereocenters. The zero-order valence-corrected chi connectivity index (χ0v) is 18.2. The third-order valence-corrected chi connectivity index (χ3v) is 6.40. The summed E-state index contributed by atoms with van der Waals surface area (Å²) in [5.74, 6) is -0.327. The highest BCUT2D eigenvalue weighted by Crippen LogP contribution is 2.26. The molecule has 5 nitrogen and oxygen atoms in total. The molecule has 7 heteroatoms. The number of halogens is 1. The summed E-state index contributed by atoms with van der Waals surface area (Å²) in [4.78, 5) is 12.7. The maximum absolute atomic E-state index is 13.2. The Hall–Kier alpha value is -1.86. The first-order chi connectivity index (χ1) is 12.7. The molecule has 0 bridgehead atoms. The summed E-state index contributed by atoms with van der Waals surface area (Å²) in [5.41, 5.74) is 1.40. The van der Waals surface area contributed by atoms with E-state index in [0.717, 1.165) is 27.2 Å². The molecule has 0 saturated carbocycles. The molecule has 0 aliphatic heterocycles. The molecule has 0 aliphatic rings. The van der Waals surface area contributed by atoms with Crippen molar-refractivity contribution in [2.75, 3.05) is 10.8 Å². The molecule has 0 aromatic heterocycles. The van der Waals surface area contributed by atoms with Crippen LogP contribution >= 0.6 is 15.9 Å². The second kappa shape index (κ2) is 9.37. The number of anilines is 1. The number of aryl methyl sites for hydroxylation is 1. The van der Waals surface area contributed by atoms with Crippen molar-refractivity contribution in [1.29, 1.82) is 0 Å². The molecule has 0 fully saturated rings. The lowest BCUT2D eigenvalue weighted by molar-refractivity contribution is -0.120. The van der Waals surface area contributed by atoms with Crippen LogP contribution in [0.3, 0.4) is 0 Å². The number of carbonyl (C=O) groups is 1. The summed E-state index contributed by atoms with van der Waals surface area (Å²) in [5, 5.41) is 2.87. The number of benzene rings is 2. The van der Waals surface area contributed by atoms with Gasteiger partial charge in [-0.05, 0) is 50.6 Å². The van der Waals surface area contributed by atoms with Gasteiger partial charge in [0.05, 0.1) is 10.6 Å². The predicted octanol–water partition coefficient (Wildman–Crippen LogP) is 4.26. The maximum atomic E-state index is 13.2. The lowest BCUT2D eigenvalue weighted by atomic mass is 10.2. The van der Waals surface area contributed by atoms with Gasteiger partial charge in [0.15, 0.2) is 0 Å². The molecule has 0 spiro atoms. The van der Waals surface area contributed by atoms with Gasteiger partial charge in [0.1, 0.15) is 6.54 Å². The third-order valence-electron chi connectivity index (χ3n) is 4.12. The minimum absolute atomic E-state index is 0.00561. The van der Waals surface area contributed by atoms with Gasteiger partial charge in [-0.3, -0.25) is 9.10 Å². The Labute approximate surface area is 170 Å². The van der Waals surface area contributed by atoms with Crippen molar-refractivity contribution in [1.82, 2.24) is 5.32 Å². The van der Waals surface area contributed by atoms with Gasteiger partial charge in [-0.1, -0.05) is 53.0 Å². The van der Waals surface area contributed by atoms with Crippen molar-refractivity contribution in [2.24, 2.45) is 0 Å². The molecule has 0 radical (unpaired) electrons. The van der Waals surface area contributed by atoms with Crippen LogP contribution in [-0.4, -0.2) is 26.9 Å². The maximum Gasteiger partial charge on any atom is 0.264 e. The molecule has 2 aromatic rings. The van der Waals surface area contributed by atoms with Gasteiger partial charge in [0.25, 0.3) is 10.0 Å². The van der Waals surface area contributed by atoms with Gasteiger partial charge in [-0.25, -0.2) is 8.42 Å². The SMILES string of the molecule is CCC[C@@H](C)NC(=O)CN(c1cccc(Br)c1)S(=O)(=O)c1ccc(C)cc1. The van der Waals surface area contributed by atoms with Crippen molar-refractivity contribution < 1.29 is 13.2 Å². The van der Waals surface area contributed by atoms with Crippen LogP contribution in [0.15, 0.2) is 57.9 Å². The van der Waals surface area contributed by atoms with Crippen LogP contribution in [-0.2, 0) is 14.8 Å². The van der Waals surface area contributed by atoms with E-state index in [9.17, 15) is 13.2 Å². The Bertz CT molecular complexity index is 882. The number of sulfonamides is 1. The van der Waals surface area contributed by atoms with Gasteiger partial charge >= 0.3 is 0 Å². The molecule has 1 N–H and O–H groups in total. The normalized spacial score (nSPS) is 12.4. The average Bonchev–Trinajstić information content (AvgIpc) is 2.60. The van der Waals surface area contributed by atoms with Gasteiger partial charge < -0.3 is 5.32 Å². The van der Waals surface area contributed by atoms with E-state index in [2.05, 4.69) is 21.2 Å². The first-order valence-corrected chi connectivity index (χ1v) is 11.1. The largest absolute Gasteiger partial charge is 0.352 e. The molecule has 146 valence electrons. The summed E-state index contributed by atoms with van der Waals surface area (Å²) in [7, 11) is -3.88. The van der Waals surface area contributed by atoms with E-state index in [-0.39, 0.29) is 23.4 Å². The monoisotopic (exact) mass is 452 g/mol. The first-order valence-electron chi connectivity index (χ1n) is 8.88. The summed E-state index contributed by atoms with van der Waals surface area (Å²) in [6.07, 6.45) is 1.78. The fourth-order valence-corrected chi connectivity index (χ4v) is 4.54. The van der Waals surface area contributed by atoms with Crippen LogP contribution < -0.4 is 9.62 Å². The molecule has 1 atom stereocenters. The van der Waals surface area contributed by atoms with Crippen molar-refractivity contribution >= 4 is 37.5 Å². The molecule has 0 saturated heterocycles. The number of hydrogen-bond donors (Lipinski definition) is 1. The van der Waals surface area contributed by atoms with Crippen molar-refractivity contribution in [3.63, 3.8) is 0 Å². The van der Waals surface area contributed by atoms with Crippen molar-refractivity contribution in [2.45, 2.75) is 44.6 Å². The average molecular weight is 453 g/mol. The Morgan fingerprint density at radius 1 is 1.19 bits per heavy atom. The molecule has 0 heterocycles. The highest BCUT2D eigenvalue weighted by atomic mass is 79.9. The topological polar surface area (TPSA) is 66.5 Å². The van der Waals surface area contributed by atoms with E-state index < -0.39 is 10.0 Å². The number of nitrogens with one attached hydrogen (secondary N) is 1. The van der Waals surface area contributed by atoms with Crippen LogP contribution in [0.4, 0.5) is 5.69 Å². The number of amides is 1. The number of hydrogen-bond acceptors (Lipinski definition) is 3. The summed E-state index contributed by atoms with van der Waals surface area (Å²) >= 11 is 3.37. The molecule has 27 heavy (non-hydrogen) atoms. The molecule has 2 rings (SSSR count). The lowest BCUT2D eigenvalue weighted by Gasteiger charge is -2.25. The van der Waals surface area contributed by atoms with Gasteiger partial charge in [0.2, 0.25) is 5.91 Å². The Kier molecular flexibility index (Phi) is 7.44. The Morgan fingerprint density at radius 3 is 2.44 bits per heavy atom. The number of rotatable bonds is 8. The zero-order valence-electron chi connectivity index (χ0n) is 15.8. The second-order valence-corrected chi connectivity index (χ2v) is 9.34. The third kappa shape index (κ3) is 5.81. The number of nitrogens with zero attached hydrogens (tertiary/aromatic N) is 1. The van der Waals surface area contributed by atoms with E-state index in [1.165, 1.54) is 0 Å². The van der Waals surface area contributed by atoms with Crippen LogP contribution in [0.1, 0.15) is 32.3 Å². The van der Waals surface area contributed by atoms with Gasteiger partial charge in [-0.2, -0.15) is 0 Å². The van der Waals surface area contributed by atoms with Crippen LogP contribution in [0.2, 0.25) is 0 Å². The predicted molar refractivity (Wildman–Crippen MR) is 112 cm³/mol. The number of carbonyl (C=O) groups excluding carboxylic acids is 1.